The minimum Gasteiger partial charge on any atom is -0.486 e. The molecule has 18 heavy (non-hydrogen) atoms. The molecule has 0 fully saturated rings. The predicted molar refractivity (Wildman–Crippen MR) is 78.8 cm³/mol. The minimum atomic E-state index is -2.44. The molecule has 0 amide bonds. The monoisotopic (exact) mass is 368 g/mol. The highest BCUT2D eigenvalue weighted by atomic mass is 127. The Morgan fingerprint density at radius 2 is 1.72 bits per heavy atom. The molecule has 4 heteroatoms. The van der Waals surface area contributed by atoms with Crippen molar-refractivity contribution in [2.75, 3.05) is 6.61 Å². The summed E-state index contributed by atoms with van der Waals surface area (Å²) in [7, 11) is 0. The lowest BCUT2D eigenvalue weighted by atomic mass is 9.95. The molecule has 0 N–H and O–H groups in total. The third kappa shape index (κ3) is 4.07. The van der Waals surface area contributed by atoms with Crippen LogP contribution in [0.2, 0.25) is 0 Å². The van der Waals surface area contributed by atoms with Crippen molar-refractivity contribution >= 4 is 22.6 Å². The van der Waals surface area contributed by atoms with Crippen molar-refractivity contribution < 1.29 is 13.5 Å². The first kappa shape index (κ1) is 15.7. The molecule has 0 saturated heterocycles. The van der Waals surface area contributed by atoms with E-state index in [9.17, 15) is 8.78 Å². The summed E-state index contributed by atoms with van der Waals surface area (Å²) in [5.74, 6) is 1.28. The third-order valence-electron chi connectivity index (χ3n) is 2.74. The molecule has 0 spiro atoms. The van der Waals surface area contributed by atoms with E-state index in [0.29, 0.717) is 11.7 Å². The van der Waals surface area contributed by atoms with Crippen LogP contribution in [0.1, 0.15) is 50.7 Å². The van der Waals surface area contributed by atoms with E-state index in [1.54, 1.807) is 0 Å². The Hall–Kier alpha value is -0.390. The number of halogens is 3. The summed E-state index contributed by atoms with van der Waals surface area (Å²) in [5.41, 5.74) is 2.22. The Morgan fingerprint density at radius 1 is 1.11 bits per heavy atom. The van der Waals surface area contributed by atoms with Gasteiger partial charge in [-0.2, -0.15) is 0 Å². The van der Waals surface area contributed by atoms with Gasteiger partial charge in [0.05, 0.1) is 3.57 Å². The number of benzene rings is 1. The predicted octanol–water partition coefficient (Wildman–Crippen LogP) is 5.18. The fourth-order valence-corrected chi connectivity index (χ4v) is 2.52. The number of hydrogen-bond donors (Lipinski definition) is 0. The number of alkyl halides is 2. The van der Waals surface area contributed by atoms with E-state index in [-0.39, 0.29) is 5.92 Å². The van der Waals surface area contributed by atoms with Gasteiger partial charge in [0, 0.05) is 0 Å². The van der Waals surface area contributed by atoms with Gasteiger partial charge in [-0.15, -0.1) is 0 Å². The lowest BCUT2D eigenvalue weighted by Gasteiger charge is -2.18. The smallest absolute Gasteiger partial charge is 0.272 e. The summed E-state index contributed by atoms with van der Waals surface area (Å²) < 4.78 is 30.7. The van der Waals surface area contributed by atoms with E-state index in [1.807, 2.05) is 19.9 Å². The highest BCUT2D eigenvalue weighted by Gasteiger charge is 2.16. The van der Waals surface area contributed by atoms with E-state index < -0.39 is 13.0 Å². The zero-order valence-electron chi connectivity index (χ0n) is 11.1. The molecule has 0 aliphatic carbocycles. The maximum absolute atomic E-state index is 12.3. The molecule has 0 heterocycles. The van der Waals surface area contributed by atoms with Gasteiger partial charge >= 0.3 is 0 Å². The molecule has 0 aliphatic heterocycles. The minimum absolute atomic E-state index is 0.255. The summed E-state index contributed by atoms with van der Waals surface area (Å²) in [6.45, 7) is 7.79. The van der Waals surface area contributed by atoms with Crippen molar-refractivity contribution in [2.24, 2.45) is 0 Å². The van der Waals surface area contributed by atoms with Crippen LogP contribution in [0.4, 0.5) is 8.78 Å². The topological polar surface area (TPSA) is 9.23 Å². The Bertz CT molecular complexity index is 403. The van der Waals surface area contributed by atoms with Crippen LogP contribution in [-0.4, -0.2) is 13.0 Å². The lowest BCUT2D eigenvalue weighted by Crippen LogP contribution is -2.10. The van der Waals surface area contributed by atoms with Gasteiger partial charge < -0.3 is 4.74 Å². The molecule has 0 saturated carbocycles. The van der Waals surface area contributed by atoms with E-state index >= 15 is 0 Å². The molecule has 1 aromatic carbocycles. The molecule has 0 bridgehead atoms. The van der Waals surface area contributed by atoms with Gasteiger partial charge in [0.25, 0.3) is 6.43 Å². The van der Waals surface area contributed by atoms with E-state index in [0.717, 1.165) is 9.13 Å². The number of ether oxygens (including phenoxy) is 1. The molecule has 1 rings (SSSR count). The second kappa shape index (κ2) is 6.68. The summed E-state index contributed by atoms with van der Waals surface area (Å²) in [4.78, 5) is 0. The van der Waals surface area contributed by atoms with Crippen LogP contribution in [0.25, 0.3) is 0 Å². The first-order valence-corrected chi connectivity index (χ1v) is 7.15. The van der Waals surface area contributed by atoms with Crippen molar-refractivity contribution in [2.45, 2.75) is 46.0 Å². The average molecular weight is 368 g/mol. The van der Waals surface area contributed by atoms with Crippen molar-refractivity contribution in [1.29, 1.82) is 0 Å². The van der Waals surface area contributed by atoms with Crippen molar-refractivity contribution in [3.05, 3.63) is 26.8 Å². The van der Waals surface area contributed by atoms with Crippen LogP contribution in [-0.2, 0) is 0 Å². The summed E-state index contributed by atoms with van der Waals surface area (Å²) in [5, 5.41) is 0. The average Bonchev–Trinajstić information content (AvgIpc) is 2.25. The molecular weight excluding hydrogens is 349 g/mol. The Balaban J connectivity index is 3.14. The SMILES string of the molecule is CC(C)c1cc(I)c(OCC(F)F)c(C(C)C)c1. The van der Waals surface area contributed by atoms with Crippen molar-refractivity contribution in [3.63, 3.8) is 0 Å². The Kier molecular flexibility index (Phi) is 5.82. The van der Waals surface area contributed by atoms with Gasteiger partial charge in [0.1, 0.15) is 12.4 Å². The number of rotatable bonds is 5. The zero-order valence-corrected chi connectivity index (χ0v) is 13.3. The molecule has 0 atom stereocenters. The molecule has 0 unspecified atom stereocenters. The molecule has 0 aliphatic rings. The van der Waals surface area contributed by atoms with Crippen molar-refractivity contribution in [1.82, 2.24) is 0 Å². The van der Waals surface area contributed by atoms with Gasteiger partial charge in [-0.25, -0.2) is 8.78 Å². The van der Waals surface area contributed by atoms with Gasteiger partial charge in [-0.3, -0.25) is 0 Å². The second-order valence-corrected chi connectivity index (χ2v) is 6.09. The van der Waals surface area contributed by atoms with E-state index in [1.165, 1.54) is 5.56 Å². The van der Waals surface area contributed by atoms with Crippen LogP contribution >= 0.6 is 22.6 Å². The van der Waals surface area contributed by atoms with Gasteiger partial charge in [-0.05, 0) is 51.6 Å². The molecule has 1 aromatic rings. The fourth-order valence-electron chi connectivity index (χ4n) is 1.70. The van der Waals surface area contributed by atoms with Gasteiger partial charge in [0.2, 0.25) is 0 Å². The first-order valence-electron chi connectivity index (χ1n) is 6.07. The van der Waals surface area contributed by atoms with Gasteiger partial charge in [0.15, 0.2) is 0 Å². The Labute approximate surface area is 121 Å². The Morgan fingerprint density at radius 3 is 2.17 bits per heavy atom. The number of hydrogen-bond acceptors (Lipinski definition) is 1. The summed E-state index contributed by atoms with van der Waals surface area (Å²) in [6.07, 6.45) is -2.44. The van der Waals surface area contributed by atoms with Crippen LogP contribution < -0.4 is 4.74 Å². The first-order chi connectivity index (χ1) is 8.32. The van der Waals surface area contributed by atoms with Crippen LogP contribution in [0.5, 0.6) is 5.75 Å². The molecule has 0 aromatic heterocycles. The normalized spacial score (nSPS) is 11.7. The fraction of sp³-hybridized carbons (Fsp3) is 0.571. The zero-order chi connectivity index (χ0) is 13.9. The molecule has 0 radical (unpaired) electrons. The van der Waals surface area contributed by atoms with Crippen LogP contribution in [0.3, 0.4) is 0 Å². The van der Waals surface area contributed by atoms with Crippen molar-refractivity contribution in [3.8, 4) is 5.75 Å². The van der Waals surface area contributed by atoms with E-state index in [4.69, 9.17) is 4.74 Å². The van der Waals surface area contributed by atoms with Gasteiger partial charge in [-0.1, -0.05) is 33.8 Å². The summed E-state index contributed by atoms with van der Waals surface area (Å²) in [6, 6.07) is 4.08. The third-order valence-corrected chi connectivity index (χ3v) is 3.54. The van der Waals surface area contributed by atoms with Crippen LogP contribution in [0.15, 0.2) is 12.1 Å². The maximum Gasteiger partial charge on any atom is 0.272 e. The quantitative estimate of drug-likeness (QED) is 0.651. The highest BCUT2D eigenvalue weighted by molar-refractivity contribution is 14.1. The molecule has 102 valence electrons. The largest absolute Gasteiger partial charge is 0.486 e. The molecule has 1 nitrogen and oxygen atoms in total. The maximum atomic E-state index is 12.3. The van der Waals surface area contributed by atoms with Crippen LogP contribution in [0, 0.1) is 3.57 Å². The lowest BCUT2D eigenvalue weighted by molar-refractivity contribution is 0.0808. The molecular formula is C14H19F2IO. The highest BCUT2D eigenvalue weighted by Crippen LogP contribution is 2.35. The second-order valence-electron chi connectivity index (χ2n) is 4.93. The van der Waals surface area contributed by atoms with E-state index in [2.05, 4.69) is 42.5 Å². The standard InChI is InChI=1S/C14H19F2IO/c1-8(2)10-5-11(9(3)4)14(12(17)6-10)18-7-13(15)16/h5-6,8-9,13H,7H2,1-4H3. The summed E-state index contributed by atoms with van der Waals surface area (Å²) >= 11 is 2.16.